The highest BCUT2D eigenvalue weighted by atomic mass is 32.2. The van der Waals surface area contributed by atoms with Crippen molar-refractivity contribution in [2.45, 2.75) is 41.7 Å². The van der Waals surface area contributed by atoms with Crippen molar-refractivity contribution in [3.8, 4) is 0 Å². The van der Waals surface area contributed by atoms with Crippen LogP contribution in [-0.2, 0) is 40.3 Å². The number of aryl methyl sites for hydroxylation is 1. The summed E-state index contributed by atoms with van der Waals surface area (Å²) in [5, 5.41) is 0. The van der Waals surface area contributed by atoms with Gasteiger partial charge in [0.25, 0.3) is 0 Å². The van der Waals surface area contributed by atoms with Crippen molar-refractivity contribution in [2.75, 3.05) is 13.7 Å². The number of fused-ring (bicyclic) bond motifs is 7. The molecule has 3 aliphatic rings. The smallest absolute Gasteiger partial charge is 0.334 e. The van der Waals surface area contributed by atoms with Crippen LogP contribution in [0.2, 0.25) is 0 Å². The lowest BCUT2D eigenvalue weighted by molar-refractivity contribution is -0.238. The third-order valence-corrected chi connectivity index (χ3v) is 8.34. The normalized spacial score (nSPS) is 34.2. The molecule has 0 saturated carbocycles. The van der Waals surface area contributed by atoms with Crippen LogP contribution >= 0.6 is 0 Å². The van der Waals surface area contributed by atoms with Crippen molar-refractivity contribution in [3.63, 3.8) is 0 Å². The van der Waals surface area contributed by atoms with Crippen LogP contribution in [0.5, 0.6) is 0 Å². The molecule has 0 amide bonds. The highest BCUT2D eigenvalue weighted by molar-refractivity contribution is 7.87. The Kier molecular flexibility index (Phi) is 4.67. The summed E-state index contributed by atoms with van der Waals surface area (Å²) in [6.45, 7) is 3.92. The SMILES string of the molecule is CCO[C@@H]1OC(=O)[C@]2([S@@](=O)c3ccc(C)cc3)[C@H]1[C@@H]1O[C@@]2(OC)c2ccccc2C1=O. The molecule has 2 bridgehead atoms. The van der Waals surface area contributed by atoms with Gasteiger partial charge in [-0.05, 0) is 26.0 Å². The number of methoxy groups -OCH3 is 1. The number of hydrogen-bond donors (Lipinski definition) is 0. The molecule has 0 spiro atoms. The van der Waals surface area contributed by atoms with E-state index in [1.807, 2.05) is 19.1 Å². The molecule has 0 aliphatic carbocycles. The van der Waals surface area contributed by atoms with Crippen LogP contribution in [0.1, 0.15) is 28.4 Å². The van der Waals surface area contributed by atoms with Crippen molar-refractivity contribution >= 4 is 22.6 Å². The van der Waals surface area contributed by atoms with Crippen molar-refractivity contribution < 1.29 is 32.7 Å². The molecule has 7 nitrogen and oxygen atoms in total. The van der Waals surface area contributed by atoms with Gasteiger partial charge in [0.15, 0.2) is 5.78 Å². The van der Waals surface area contributed by atoms with E-state index in [-0.39, 0.29) is 12.4 Å². The molecule has 8 heteroatoms. The molecule has 0 N–H and O–H groups in total. The maximum absolute atomic E-state index is 14.2. The summed E-state index contributed by atoms with van der Waals surface area (Å²) in [6, 6.07) is 13.9. The minimum absolute atomic E-state index is 0.246. The maximum atomic E-state index is 14.2. The highest BCUT2D eigenvalue weighted by Gasteiger charge is 2.84. The van der Waals surface area contributed by atoms with Gasteiger partial charge < -0.3 is 18.9 Å². The lowest BCUT2D eigenvalue weighted by Gasteiger charge is -2.40. The van der Waals surface area contributed by atoms with Gasteiger partial charge in [0.2, 0.25) is 16.8 Å². The largest absolute Gasteiger partial charge is 0.434 e. The number of Topliss-reactive ketones (excluding diaryl/α,β-unsaturated/α-hetero) is 1. The van der Waals surface area contributed by atoms with E-state index in [1.165, 1.54) is 7.11 Å². The van der Waals surface area contributed by atoms with Gasteiger partial charge in [-0.2, -0.15) is 0 Å². The van der Waals surface area contributed by atoms with Gasteiger partial charge in [-0.1, -0.05) is 42.0 Å². The lowest BCUT2D eigenvalue weighted by atomic mass is 9.84. The Bertz CT molecular complexity index is 1100. The number of carbonyl (C=O) groups is 2. The van der Waals surface area contributed by atoms with Crippen LogP contribution in [0, 0.1) is 12.8 Å². The second-order valence-corrected chi connectivity index (χ2v) is 9.49. The minimum Gasteiger partial charge on any atom is -0.434 e. The van der Waals surface area contributed by atoms with Crippen LogP contribution in [0.3, 0.4) is 0 Å². The molecule has 5 rings (SSSR count). The third kappa shape index (κ3) is 2.41. The summed E-state index contributed by atoms with van der Waals surface area (Å²) in [5.41, 5.74) is 1.74. The molecule has 3 aliphatic heterocycles. The Morgan fingerprint density at radius 1 is 1.10 bits per heavy atom. The Labute approximate surface area is 182 Å². The maximum Gasteiger partial charge on any atom is 0.334 e. The number of rotatable bonds is 5. The van der Waals surface area contributed by atoms with Crippen molar-refractivity contribution in [2.24, 2.45) is 5.92 Å². The first-order valence-electron chi connectivity index (χ1n) is 10.1. The molecule has 0 unspecified atom stereocenters. The van der Waals surface area contributed by atoms with Gasteiger partial charge >= 0.3 is 5.97 Å². The van der Waals surface area contributed by atoms with Crippen LogP contribution in [-0.4, -0.2) is 46.8 Å². The average Bonchev–Trinajstić information content (AvgIpc) is 3.23. The second-order valence-electron chi connectivity index (χ2n) is 7.84. The quantitative estimate of drug-likeness (QED) is 0.658. The number of carbonyl (C=O) groups excluding carboxylic acids is 2. The Morgan fingerprint density at radius 3 is 2.48 bits per heavy atom. The Balaban J connectivity index is 1.82. The molecule has 2 aromatic carbocycles. The number of benzene rings is 2. The van der Waals surface area contributed by atoms with E-state index in [9.17, 15) is 13.8 Å². The fourth-order valence-electron chi connectivity index (χ4n) is 5.04. The van der Waals surface area contributed by atoms with Gasteiger partial charge in [0, 0.05) is 29.7 Å². The number of cyclic esters (lactones) is 1. The van der Waals surface area contributed by atoms with Crippen LogP contribution in [0.15, 0.2) is 53.4 Å². The fourth-order valence-corrected chi connectivity index (χ4v) is 6.96. The molecule has 2 aromatic rings. The van der Waals surface area contributed by atoms with Crippen molar-refractivity contribution in [3.05, 3.63) is 65.2 Å². The molecular weight excluding hydrogens is 420 g/mol. The third-order valence-electron chi connectivity index (χ3n) is 6.35. The van der Waals surface area contributed by atoms with E-state index in [4.69, 9.17) is 18.9 Å². The minimum atomic E-state index is -1.98. The predicted molar refractivity (Wildman–Crippen MR) is 110 cm³/mol. The summed E-state index contributed by atoms with van der Waals surface area (Å²) in [5.74, 6) is -3.77. The number of ketones is 1. The molecule has 6 atom stereocenters. The number of esters is 1. The summed E-state index contributed by atoms with van der Waals surface area (Å²) < 4.78 is 35.8. The number of ether oxygens (including phenoxy) is 4. The molecule has 3 heterocycles. The summed E-state index contributed by atoms with van der Waals surface area (Å²) >= 11 is 0. The van der Waals surface area contributed by atoms with Crippen LogP contribution in [0.4, 0.5) is 0 Å². The Morgan fingerprint density at radius 2 is 1.81 bits per heavy atom. The zero-order chi connectivity index (χ0) is 22.0. The molecule has 0 radical (unpaired) electrons. The molecule has 162 valence electrons. The standard InChI is InChI=1S/C23H22O7S/c1-4-28-20-17-19-18(24)15-7-5-6-8-16(15)23(27-3,30-19)22(17,21(25)29-20)31(26)14-11-9-13(2)10-12-14/h5-12,17,19-20H,4H2,1-3H3/t17-,19-,20+,22+,23-,31-/m0/s1. The Hall–Kier alpha value is -2.39. The summed E-state index contributed by atoms with van der Waals surface area (Å²) in [4.78, 5) is 27.4. The van der Waals surface area contributed by atoms with Gasteiger partial charge in [-0.3, -0.25) is 13.8 Å². The van der Waals surface area contributed by atoms with Crippen molar-refractivity contribution in [1.29, 1.82) is 0 Å². The van der Waals surface area contributed by atoms with Gasteiger partial charge in [0.1, 0.15) is 6.10 Å². The zero-order valence-corrected chi connectivity index (χ0v) is 18.1. The highest BCUT2D eigenvalue weighted by Crippen LogP contribution is 2.63. The topological polar surface area (TPSA) is 88.1 Å². The van der Waals surface area contributed by atoms with E-state index < -0.39 is 45.6 Å². The van der Waals surface area contributed by atoms with Gasteiger partial charge in [-0.25, -0.2) is 0 Å². The van der Waals surface area contributed by atoms with Crippen molar-refractivity contribution in [1.82, 2.24) is 0 Å². The van der Waals surface area contributed by atoms with E-state index >= 15 is 0 Å². The summed E-state index contributed by atoms with van der Waals surface area (Å²) in [7, 11) is -0.586. The monoisotopic (exact) mass is 442 g/mol. The molecule has 2 fully saturated rings. The second kappa shape index (κ2) is 7.06. The predicted octanol–water partition coefficient (Wildman–Crippen LogP) is 2.47. The van der Waals surface area contributed by atoms with E-state index in [2.05, 4.69) is 0 Å². The van der Waals surface area contributed by atoms with Gasteiger partial charge in [0.05, 0.1) is 16.7 Å². The molecular formula is C23H22O7S. The lowest BCUT2D eigenvalue weighted by Crippen LogP contribution is -2.59. The summed E-state index contributed by atoms with van der Waals surface area (Å²) in [6.07, 6.45) is -2.17. The first-order chi connectivity index (χ1) is 14.9. The van der Waals surface area contributed by atoms with Crippen LogP contribution in [0.25, 0.3) is 0 Å². The van der Waals surface area contributed by atoms with Crippen LogP contribution < -0.4 is 0 Å². The molecule has 2 saturated heterocycles. The molecule has 31 heavy (non-hydrogen) atoms. The first-order valence-corrected chi connectivity index (χ1v) is 11.2. The number of hydrogen-bond acceptors (Lipinski definition) is 7. The fraction of sp³-hybridized carbons (Fsp3) is 0.391. The first kappa shape index (κ1) is 20.5. The van der Waals surface area contributed by atoms with E-state index in [1.54, 1.807) is 43.3 Å². The zero-order valence-electron chi connectivity index (χ0n) is 17.3. The van der Waals surface area contributed by atoms with E-state index in [0.29, 0.717) is 16.0 Å². The average molecular weight is 442 g/mol. The van der Waals surface area contributed by atoms with Gasteiger partial charge in [-0.15, -0.1) is 0 Å². The molecule has 0 aromatic heterocycles. The van der Waals surface area contributed by atoms with E-state index in [0.717, 1.165) is 5.56 Å².